The number of anilines is 1. The summed E-state index contributed by atoms with van der Waals surface area (Å²) in [7, 11) is 0. The molecule has 0 saturated heterocycles. The summed E-state index contributed by atoms with van der Waals surface area (Å²) >= 11 is 11.7. The number of amides is 2. The van der Waals surface area contributed by atoms with Gasteiger partial charge in [0.1, 0.15) is 5.75 Å². The zero-order valence-corrected chi connectivity index (χ0v) is 15.4. The van der Waals surface area contributed by atoms with Gasteiger partial charge in [0, 0.05) is 28.3 Å². The lowest BCUT2D eigenvalue weighted by molar-refractivity contribution is -0.116. The van der Waals surface area contributed by atoms with E-state index in [1.165, 1.54) is 18.3 Å². The highest BCUT2D eigenvalue weighted by molar-refractivity contribution is 6.36. The molecule has 0 aliphatic heterocycles. The molecule has 0 aliphatic rings. The number of nitrogens with one attached hydrogen (secondary N) is 2. The summed E-state index contributed by atoms with van der Waals surface area (Å²) in [6.07, 6.45) is 2.44. The maximum Gasteiger partial charge on any atom is 0.271 e. The van der Waals surface area contributed by atoms with E-state index in [4.69, 9.17) is 23.2 Å². The molecule has 0 aliphatic carbocycles. The molecular formula is C18H17Cl2N3O3. The van der Waals surface area contributed by atoms with Gasteiger partial charge in [-0.25, -0.2) is 5.43 Å². The maximum absolute atomic E-state index is 12.1. The number of aromatic hydroxyl groups is 1. The molecule has 0 radical (unpaired) electrons. The monoisotopic (exact) mass is 393 g/mol. The molecule has 2 rings (SSSR count). The molecule has 0 atom stereocenters. The Morgan fingerprint density at radius 2 is 1.88 bits per heavy atom. The summed E-state index contributed by atoms with van der Waals surface area (Å²) in [4.78, 5) is 23.6. The summed E-state index contributed by atoms with van der Waals surface area (Å²) in [6, 6.07) is 9.27. The van der Waals surface area contributed by atoms with Crippen LogP contribution >= 0.6 is 23.2 Å². The van der Waals surface area contributed by atoms with Crippen LogP contribution in [-0.2, 0) is 4.79 Å². The molecule has 2 amide bonds. The number of carbonyl (C=O) groups excluding carboxylic acids is 2. The van der Waals surface area contributed by atoms with Crippen molar-refractivity contribution >= 4 is 46.9 Å². The molecule has 26 heavy (non-hydrogen) atoms. The predicted molar refractivity (Wildman–Crippen MR) is 103 cm³/mol. The van der Waals surface area contributed by atoms with Gasteiger partial charge in [-0.05, 0) is 42.8 Å². The Bertz CT molecular complexity index is 836. The third-order valence-electron chi connectivity index (χ3n) is 3.34. The average Bonchev–Trinajstić information content (AvgIpc) is 2.59. The van der Waals surface area contributed by atoms with Gasteiger partial charge in [-0.1, -0.05) is 30.1 Å². The first kappa shape index (κ1) is 19.8. The van der Waals surface area contributed by atoms with Crippen LogP contribution in [0.4, 0.5) is 5.69 Å². The molecule has 2 aromatic carbocycles. The van der Waals surface area contributed by atoms with Crippen LogP contribution in [0.2, 0.25) is 10.0 Å². The average molecular weight is 394 g/mol. The van der Waals surface area contributed by atoms with E-state index in [-0.39, 0.29) is 22.2 Å². The number of phenolic OH excluding ortho intramolecular Hbond substituents is 1. The minimum Gasteiger partial charge on any atom is -0.506 e. The molecule has 0 spiro atoms. The van der Waals surface area contributed by atoms with Crippen molar-refractivity contribution in [2.24, 2.45) is 5.10 Å². The largest absolute Gasteiger partial charge is 0.506 e. The number of hydrazone groups is 1. The first-order valence-corrected chi connectivity index (χ1v) is 8.57. The third-order valence-corrected chi connectivity index (χ3v) is 3.84. The second-order valence-electron chi connectivity index (χ2n) is 5.40. The molecule has 2 aromatic rings. The number of phenols is 1. The van der Waals surface area contributed by atoms with Crippen LogP contribution in [0, 0.1) is 0 Å². The number of hydrogen-bond acceptors (Lipinski definition) is 4. The van der Waals surface area contributed by atoms with E-state index in [2.05, 4.69) is 15.8 Å². The van der Waals surface area contributed by atoms with Crippen LogP contribution in [0.5, 0.6) is 5.75 Å². The summed E-state index contributed by atoms with van der Waals surface area (Å²) in [5.74, 6) is -0.698. The lowest BCUT2D eigenvalue weighted by atomic mass is 10.2. The highest BCUT2D eigenvalue weighted by atomic mass is 35.5. The Kier molecular flexibility index (Phi) is 7.00. The molecule has 0 unspecified atom stereocenters. The number of benzene rings is 2. The van der Waals surface area contributed by atoms with Gasteiger partial charge in [0.05, 0.1) is 11.2 Å². The van der Waals surface area contributed by atoms with Crippen molar-refractivity contribution in [2.45, 2.75) is 19.8 Å². The number of halogens is 2. The number of hydrogen-bond donors (Lipinski definition) is 3. The number of carbonyl (C=O) groups is 2. The van der Waals surface area contributed by atoms with Gasteiger partial charge in [-0.2, -0.15) is 5.10 Å². The fourth-order valence-corrected chi connectivity index (χ4v) is 2.57. The molecule has 136 valence electrons. The van der Waals surface area contributed by atoms with E-state index in [0.29, 0.717) is 22.7 Å². The van der Waals surface area contributed by atoms with Crippen LogP contribution < -0.4 is 10.7 Å². The number of rotatable bonds is 6. The third kappa shape index (κ3) is 5.47. The van der Waals surface area contributed by atoms with E-state index in [1.807, 2.05) is 6.92 Å². The lowest BCUT2D eigenvalue weighted by Gasteiger charge is -2.05. The van der Waals surface area contributed by atoms with Gasteiger partial charge < -0.3 is 10.4 Å². The SMILES string of the molecule is CCCC(=O)Nc1ccc(C(=O)N/N=C/c2cc(Cl)cc(Cl)c2O)cc1. The van der Waals surface area contributed by atoms with Gasteiger partial charge in [0.2, 0.25) is 5.91 Å². The lowest BCUT2D eigenvalue weighted by Crippen LogP contribution is -2.17. The molecule has 0 heterocycles. The zero-order chi connectivity index (χ0) is 19.1. The smallest absolute Gasteiger partial charge is 0.271 e. The molecular weight excluding hydrogens is 377 g/mol. The fraction of sp³-hybridized carbons (Fsp3) is 0.167. The van der Waals surface area contributed by atoms with Crippen LogP contribution in [0.15, 0.2) is 41.5 Å². The van der Waals surface area contributed by atoms with Crippen molar-refractivity contribution in [3.05, 3.63) is 57.6 Å². The van der Waals surface area contributed by atoms with E-state index in [9.17, 15) is 14.7 Å². The Balaban J connectivity index is 1.99. The molecule has 0 aromatic heterocycles. The van der Waals surface area contributed by atoms with Crippen molar-refractivity contribution < 1.29 is 14.7 Å². The summed E-state index contributed by atoms with van der Waals surface area (Å²) in [6.45, 7) is 1.92. The predicted octanol–water partition coefficient (Wildman–Crippen LogP) is 4.20. The van der Waals surface area contributed by atoms with Gasteiger partial charge in [-0.15, -0.1) is 0 Å². The first-order chi connectivity index (χ1) is 12.4. The highest BCUT2D eigenvalue weighted by Crippen LogP contribution is 2.29. The highest BCUT2D eigenvalue weighted by Gasteiger charge is 2.08. The Morgan fingerprint density at radius 3 is 2.54 bits per heavy atom. The Labute approximate surface area is 160 Å². The standard InChI is InChI=1S/C18H17Cl2N3O3/c1-2-3-16(24)22-14-6-4-11(5-7-14)18(26)23-21-10-12-8-13(19)9-15(20)17(12)25/h4-10,25H,2-3H2,1H3,(H,22,24)(H,23,26)/b21-10+. The molecule has 0 bridgehead atoms. The minimum absolute atomic E-state index is 0.0747. The van der Waals surface area contributed by atoms with Crippen LogP contribution in [0.1, 0.15) is 35.7 Å². The maximum atomic E-state index is 12.1. The molecule has 8 heteroatoms. The number of nitrogens with zero attached hydrogens (tertiary/aromatic N) is 1. The van der Waals surface area contributed by atoms with Crippen LogP contribution in [0.25, 0.3) is 0 Å². The fourth-order valence-electron chi connectivity index (χ4n) is 2.06. The summed E-state index contributed by atoms with van der Waals surface area (Å²) in [5, 5.41) is 16.8. The normalized spacial score (nSPS) is 10.7. The minimum atomic E-state index is -0.444. The van der Waals surface area contributed by atoms with Gasteiger partial charge in [-0.3, -0.25) is 9.59 Å². The first-order valence-electron chi connectivity index (χ1n) is 7.82. The summed E-state index contributed by atoms with van der Waals surface area (Å²) in [5.41, 5.74) is 3.59. The second-order valence-corrected chi connectivity index (χ2v) is 6.24. The van der Waals surface area contributed by atoms with E-state index in [0.717, 1.165) is 6.42 Å². The van der Waals surface area contributed by atoms with Gasteiger partial charge in [0.15, 0.2) is 0 Å². The molecule has 0 fully saturated rings. The van der Waals surface area contributed by atoms with Crippen molar-refractivity contribution in [2.75, 3.05) is 5.32 Å². The van der Waals surface area contributed by atoms with Crippen molar-refractivity contribution in [3.63, 3.8) is 0 Å². The van der Waals surface area contributed by atoms with Crippen LogP contribution in [-0.4, -0.2) is 23.1 Å². The molecule has 6 nitrogen and oxygen atoms in total. The molecule has 3 N–H and O–H groups in total. The van der Waals surface area contributed by atoms with Crippen LogP contribution in [0.3, 0.4) is 0 Å². The van der Waals surface area contributed by atoms with Crippen molar-refractivity contribution in [1.29, 1.82) is 0 Å². The Morgan fingerprint density at radius 1 is 1.19 bits per heavy atom. The molecule has 0 saturated carbocycles. The van der Waals surface area contributed by atoms with Crippen molar-refractivity contribution in [1.82, 2.24) is 5.43 Å². The Hall–Kier alpha value is -2.57. The second kappa shape index (κ2) is 9.22. The van der Waals surface area contributed by atoms with E-state index in [1.54, 1.807) is 24.3 Å². The van der Waals surface area contributed by atoms with E-state index < -0.39 is 5.91 Å². The van der Waals surface area contributed by atoms with Gasteiger partial charge >= 0.3 is 0 Å². The topological polar surface area (TPSA) is 90.8 Å². The summed E-state index contributed by atoms with van der Waals surface area (Å²) < 4.78 is 0. The van der Waals surface area contributed by atoms with Crippen molar-refractivity contribution in [3.8, 4) is 5.75 Å². The van der Waals surface area contributed by atoms with E-state index >= 15 is 0 Å². The quantitative estimate of drug-likeness (QED) is 0.507. The zero-order valence-electron chi connectivity index (χ0n) is 13.9. The van der Waals surface area contributed by atoms with Gasteiger partial charge in [0.25, 0.3) is 5.91 Å².